The molecule has 3 unspecified atom stereocenters. The Morgan fingerprint density at radius 3 is 2.50 bits per heavy atom. The van der Waals surface area contributed by atoms with E-state index in [4.69, 9.17) is 5.84 Å². The average Bonchev–Trinajstić information content (AvgIpc) is 3.83. The van der Waals surface area contributed by atoms with Crippen LogP contribution in [0.5, 0.6) is 0 Å². The van der Waals surface area contributed by atoms with Crippen molar-refractivity contribution in [3.8, 4) is 0 Å². The number of piperidine rings is 3. The Kier molecular flexibility index (Phi) is 14.1. The predicted octanol–water partition coefficient (Wildman–Crippen LogP) is 1.03. The number of allylic oxidation sites excluding steroid dienone is 2. The van der Waals surface area contributed by atoms with Crippen LogP contribution in [0.15, 0.2) is 62.4 Å². The molecule has 1 aliphatic carbocycles. The summed E-state index contributed by atoms with van der Waals surface area (Å²) < 4.78 is 37.4. The number of imidazole rings is 1. The van der Waals surface area contributed by atoms with Gasteiger partial charge in [0.25, 0.3) is 0 Å². The van der Waals surface area contributed by atoms with Crippen LogP contribution in [0.25, 0.3) is 16.6 Å². The summed E-state index contributed by atoms with van der Waals surface area (Å²) in [5, 5.41) is 11.9. The van der Waals surface area contributed by atoms with E-state index in [9.17, 15) is 32.8 Å². The molecule has 5 aliphatic rings. The first-order valence-corrected chi connectivity index (χ1v) is 24.5. The molecule has 4 aliphatic heterocycles. The van der Waals surface area contributed by atoms with Crippen molar-refractivity contribution in [1.82, 2.24) is 42.2 Å². The van der Waals surface area contributed by atoms with Crippen molar-refractivity contribution < 1.29 is 49.4 Å². The topological polar surface area (TPSA) is 176 Å². The quantitative estimate of drug-likeness (QED) is 0.0529. The molecule has 346 valence electrons. The molecule has 0 bridgehead atoms. The number of anilines is 1. The number of alkyl halides is 2. The van der Waals surface area contributed by atoms with Crippen LogP contribution in [0.1, 0.15) is 89.2 Å². The van der Waals surface area contributed by atoms with E-state index in [-0.39, 0.29) is 59.8 Å². The Hall–Kier alpha value is -4.89. The molecular formula is C45H59F2IN11O5-. The summed E-state index contributed by atoms with van der Waals surface area (Å²) in [6.45, 7) is 5.40. The molecular weight excluding hydrogens is 939 g/mol. The summed E-state index contributed by atoms with van der Waals surface area (Å²) in [5.74, 6) is 6.45. The second-order valence-corrected chi connectivity index (χ2v) is 20.6. The maximum absolute atomic E-state index is 14.6. The maximum atomic E-state index is 14.6. The Balaban J connectivity index is 0.824. The van der Waals surface area contributed by atoms with Crippen LogP contribution < -0.4 is 43.6 Å². The SMILES string of the molecule is CC(=O)N1CCC(N(N)C2CCN(C(=O)CCCCCNc3ccc4c(c3)n(C)c(=O)n4C3CCC(=O)NC3=O)CC2)=C([I-]N2CCCC3C=C(c4cnn(C)c4)C(C(F)F)=CC32)C1. The molecule has 64 heavy (non-hydrogen) atoms. The van der Waals surface area contributed by atoms with Gasteiger partial charge < -0.3 is 5.32 Å². The minimum absolute atomic E-state index is 0.0118. The zero-order valence-corrected chi connectivity index (χ0v) is 38.9. The van der Waals surface area contributed by atoms with Crippen molar-refractivity contribution in [2.45, 2.75) is 102 Å². The van der Waals surface area contributed by atoms with Crippen molar-refractivity contribution in [1.29, 1.82) is 0 Å². The number of rotatable bonds is 14. The van der Waals surface area contributed by atoms with Crippen LogP contribution >= 0.6 is 0 Å². The number of hydrogen-bond donors (Lipinski definition) is 3. The molecule has 3 fully saturated rings. The first kappa shape index (κ1) is 45.7. The van der Waals surface area contributed by atoms with E-state index < -0.39 is 39.9 Å². The van der Waals surface area contributed by atoms with Crippen LogP contribution in [0, 0.1) is 5.92 Å². The summed E-state index contributed by atoms with van der Waals surface area (Å²) >= 11 is -0.818. The van der Waals surface area contributed by atoms with Gasteiger partial charge in [0, 0.05) is 25.7 Å². The number of benzene rings is 1. The number of amides is 4. The zero-order valence-electron chi connectivity index (χ0n) is 36.8. The van der Waals surface area contributed by atoms with Gasteiger partial charge in [0.1, 0.15) is 6.04 Å². The Labute approximate surface area is 382 Å². The van der Waals surface area contributed by atoms with Crippen molar-refractivity contribution >= 4 is 45.9 Å². The van der Waals surface area contributed by atoms with Gasteiger partial charge in [0.2, 0.25) is 11.8 Å². The summed E-state index contributed by atoms with van der Waals surface area (Å²) in [6, 6.07) is 4.78. The summed E-state index contributed by atoms with van der Waals surface area (Å²) in [7, 11) is 3.46. The Morgan fingerprint density at radius 1 is 0.984 bits per heavy atom. The average molecular weight is 999 g/mol. The van der Waals surface area contributed by atoms with Gasteiger partial charge in [-0.15, -0.1) is 0 Å². The Bertz CT molecular complexity index is 2430. The molecule has 19 heteroatoms. The van der Waals surface area contributed by atoms with Crippen molar-refractivity contribution in [3.63, 3.8) is 0 Å². The zero-order chi connectivity index (χ0) is 45.2. The van der Waals surface area contributed by atoms with E-state index in [0.717, 1.165) is 66.5 Å². The molecule has 0 radical (unpaired) electrons. The number of halogens is 3. The van der Waals surface area contributed by atoms with Gasteiger partial charge in [0.05, 0.1) is 11.0 Å². The number of fused-ring (bicyclic) bond motifs is 2. The molecule has 8 rings (SSSR count). The molecule has 0 saturated carbocycles. The van der Waals surface area contributed by atoms with Crippen LogP contribution in [-0.2, 0) is 33.3 Å². The Morgan fingerprint density at radius 2 is 1.78 bits per heavy atom. The van der Waals surface area contributed by atoms with Gasteiger partial charge in [-0.25, -0.2) is 4.79 Å². The van der Waals surface area contributed by atoms with Gasteiger partial charge in [-0.1, -0.05) is 0 Å². The summed E-state index contributed by atoms with van der Waals surface area (Å²) in [6.07, 6.45) is 12.1. The molecule has 3 atom stereocenters. The molecule has 6 heterocycles. The van der Waals surface area contributed by atoms with E-state index in [1.165, 1.54) is 9.13 Å². The summed E-state index contributed by atoms with van der Waals surface area (Å²) in [5.41, 5.74) is 4.26. The number of nitrogens with one attached hydrogen (secondary N) is 2. The number of nitrogens with zero attached hydrogens (tertiary/aromatic N) is 8. The fourth-order valence-corrected chi connectivity index (χ4v) is 13.4. The van der Waals surface area contributed by atoms with Crippen molar-refractivity contribution in [2.24, 2.45) is 25.9 Å². The van der Waals surface area contributed by atoms with Gasteiger partial charge in [-0.3, -0.25) is 24.0 Å². The van der Waals surface area contributed by atoms with Crippen LogP contribution in [0.3, 0.4) is 0 Å². The van der Waals surface area contributed by atoms with Gasteiger partial charge in [-0.05, 0) is 24.6 Å². The van der Waals surface area contributed by atoms with E-state index in [0.29, 0.717) is 67.7 Å². The van der Waals surface area contributed by atoms with Crippen LogP contribution in [0.4, 0.5) is 14.5 Å². The number of unbranched alkanes of at least 4 members (excludes halogenated alkanes) is 2. The van der Waals surface area contributed by atoms with Crippen LogP contribution in [0.2, 0.25) is 0 Å². The summed E-state index contributed by atoms with van der Waals surface area (Å²) in [4.78, 5) is 67.0. The first-order valence-electron chi connectivity index (χ1n) is 22.5. The number of imide groups is 1. The monoisotopic (exact) mass is 998 g/mol. The number of aryl methyl sites for hydroxylation is 2. The van der Waals surface area contributed by atoms with E-state index in [2.05, 4.69) is 18.8 Å². The molecule has 1 aromatic carbocycles. The second-order valence-electron chi connectivity index (χ2n) is 17.6. The number of likely N-dealkylation sites (tertiary alicyclic amines) is 1. The number of carbonyl (C=O) groups is 4. The fraction of sp³-hybridized carbons (Fsp3) is 0.556. The minimum atomic E-state index is -2.61. The molecule has 16 nitrogen and oxygen atoms in total. The van der Waals surface area contributed by atoms with Gasteiger partial charge in [-0.2, -0.15) is 0 Å². The number of hydrogen-bond acceptors (Lipinski definition) is 10. The predicted molar refractivity (Wildman–Crippen MR) is 234 cm³/mol. The normalized spacial score (nSPS) is 22.5. The third-order valence-electron chi connectivity index (χ3n) is 13.4. The third-order valence-corrected chi connectivity index (χ3v) is 16.7. The first-order chi connectivity index (χ1) is 30.8. The molecule has 4 amide bonds. The van der Waals surface area contributed by atoms with E-state index in [1.54, 1.807) is 44.2 Å². The molecule has 3 saturated heterocycles. The number of nitrogens with two attached hydrogens (primary N) is 1. The number of aromatic nitrogens is 4. The van der Waals surface area contributed by atoms with E-state index >= 15 is 0 Å². The molecule has 2 aromatic heterocycles. The van der Waals surface area contributed by atoms with Crippen LogP contribution in [-0.4, -0.2) is 118 Å². The van der Waals surface area contributed by atoms with Crippen molar-refractivity contribution in [2.75, 3.05) is 44.6 Å². The van der Waals surface area contributed by atoms with Gasteiger partial charge in [0.15, 0.2) is 0 Å². The number of carbonyl (C=O) groups excluding carboxylic acids is 4. The third kappa shape index (κ3) is 9.71. The molecule has 0 spiro atoms. The fourth-order valence-electron chi connectivity index (χ4n) is 9.83. The molecule has 3 aromatic rings. The van der Waals surface area contributed by atoms with Crippen molar-refractivity contribution in [3.05, 3.63) is 73.6 Å². The molecule has 4 N–H and O–H groups in total. The number of hydrazine groups is 1. The van der Waals surface area contributed by atoms with Gasteiger partial charge >= 0.3 is 270 Å². The van der Waals surface area contributed by atoms with E-state index in [1.807, 2.05) is 39.1 Å². The second kappa shape index (κ2) is 19.7. The standard InChI is InChI=1S/C45H59F2IN11O5/c1-28(60)56-21-16-36(35(27-56)48-57-18-7-8-29-22-33(30-25-51-53(2)26-30)34(43(46)47)24-39(29)57)59(49)32-14-19-55(20-15-32)42(62)9-5-4-6-17-50-31-10-11-37-40(23-31)54(3)45(64)58(37)38-12-13-41(61)52-44(38)63/h10-11,22-26,29,32,38-39,43,50H,4-9,12-21,27,49H2,1-3H3,(H,52,61,63)/q-1.